The van der Waals surface area contributed by atoms with Gasteiger partial charge in [0.15, 0.2) is 0 Å². The van der Waals surface area contributed by atoms with Crippen molar-refractivity contribution < 1.29 is 19.3 Å². The minimum Gasteiger partial charge on any atom is -0.346 e. The smallest absolute Gasteiger partial charge is 0.292 e. The monoisotopic (exact) mass is 378 g/mol. The number of rotatable bonds is 9. The summed E-state index contributed by atoms with van der Waals surface area (Å²) in [5.41, 5.74) is 1.67. The predicted molar refractivity (Wildman–Crippen MR) is 97.1 cm³/mol. The average molecular weight is 378 g/mol. The van der Waals surface area contributed by atoms with Gasteiger partial charge in [-0.2, -0.15) is 4.98 Å². The fourth-order valence-corrected chi connectivity index (χ4v) is 4.01. The van der Waals surface area contributed by atoms with Crippen molar-refractivity contribution in [3.8, 4) is 0 Å². The van der Waals surface area contributed by atoms with Crippen LogP contribution in [0.15, 0.2) is 4.52 Å². The molecule has 2 aliphatic carbocycles. The molecule has 8 nitrogen and oxygen atoms in total. The van der Waals surface area contributed by atoms with E-state index in [0.717, 1.165) is 44.4 Å². The van der Waals surface area contributed by atoms with Crippen LogP contribution in [0.2, 0.25) is 0 Å². The van der Waals surface area contributed by atoms with Crippen molar-refractivity contribution >= 4 is 11.8 Å². The van der Waals surface area contributed by atoms with Crippen LogP contribution in [0, 0.1) is 5.92 Å². The van der Waals surface area contributed by atoms with Gasteiger partial charge < -0.3 is 9.84 Å². The van der Waals surface area contributed by atoms with E-state index in [1.807, 2.05) is 0 Å². The summed E-state index contributed by atoms with van der Waals surface area (Å²) < 4.78 is 5.29. The fourth-order valence-electron chi connectivity index (χ4n) is 4.01. The van der Waals surface area contributed by atoms with Gasteiger partial charge in [-0.05, 0) is 31.6 Å². The van der Waals surface area contributed by atoms with E-state index in [0.29, 0.717) is 5.89 Å². The van der Waals surface area contributed by atoms with E-state index in [1.165, 1.54) is 32.1 Å². The first kappa shape index (κ1) is 19.8. The van der Waals surface area contributed by atoms with Crippen LogP contribution in [-0.2, 0) is 4.79 Å². The van der Waals surface area contributed by atoms with Crippen LogP contribution < -0.4 is 10.8 Å². The number of nitrogens with one attached hydrogen (secondary N) is 2. The molecule has 0 radical (unpaired) electrons. The zero-order valence-corrected chi connectivity index (χ0v) is 15.8. The summed E-state index contributed by atoms with van der Waals surface area (Å²) in [7, 11) is 0. The molecule has 150 valence electrons. The van der Waals surface area contributed by atoms with E-state index in [2.05, 4.69) is 15.5 Å². The van der Waals surface area contributed by atoms with Gasteiger partial charge in [-0.25, -0.2) is 5.48 Å². The lowest BCUT2D eigenvalue weighted by Gasteiger charge is -2.25. The third-order valence-corrected chi connectivity index (χ3v) is 5.88. The van der Waals surface area contributed by atoms with Gasteiger partial charge in [0.1, 0.15) is 0 Å². The number of aromatic nitrogens is 2. The van der Waals surface area contributed by atoms with Crippen molar-refractivity contribution in [3.05, 3.63) is 11.7 Å². The number of hydrogen-bond acceptors (Lipinski definition) is 6. The number of carbonyl (C=O) groups excluding carboxylic acids is 2. The third kappa shape index (κ3) is 5.76. The average Bonchev–Trinajstić information content (AvgIpc) is 3.14. The van der Waals surface area contributed by atoms with E-state index in [1.54, 1.807) is 5.48 Å². The molecule has 0 bridgehead atoms. The molecule has 0 spiro atoms. The molecule has 3 N–H and O–H groups in total. The normalized spacial score (nSPS) is 19.3. The summed E-state index contributed by atoms with van der Waals surface area (Å²) in [6.45, 7) is 0. The number of hydroxylamine groups is 1. The molecule has 0 saturated heterocycles. The summed E-state index contributed by atoms with van der Waals surface area (Å²) in [6, 6.07) is 0.200. The SMILES string of the molecule is O=C(CC(CCCC1CCCCC1)c1nc(C(=O)NC2CCC2)no1)NO. The van der Waals surface area contributed by atoms with Crippen LogP contribution in [0.1, 0.15) is 99.5 Å². The Morgan fingerprint density at radius 2 is 1.93 bits per heavy atom. The first-order valence-electron chi connectivity index (χ1n) is 10.2. The van der Waals surface area contributed by atoms with Crippen LogP contribution in [0.4, 0.5) is 0 Å². The van der Waals surface area contributed by atoms with Gasteiger partial charge in [0, 0.05) is 18.4 Å². The molecule has 1 aromatic heterocycles. The molecular formula is C19H30N4O4. The second-order valence-electron chi connectivity index (χ2n) is 7.93. The maximum atomic E-state index is 12.2. The lowest BCUT2D eigenvalue weighted by Crippen LogP contribution is -2.39. The van der Waals surface area contributed by atoms with Crippen LogP contribution in [0.5, 0.6) is 0 Å². The number of nitrogens with zero attached hydrogens (tertiary/aromatic N) is 2. The Morgan fingerprint density at radius 1 is 1.15 bits per heavy atom. The molecule has 2 aliphatic rings. The molecule has 27 heavy (non-hydrogen) atoms. The Balaban J connectivity index is 1.56. The summed E-state index contributed by atoms with van der Waals surface area (Å²) in [4.78, 5) is 28.1. The van der Waals surface area contributed by atoms with E-state index in [4.69, 9.17) is 9.73 Å². The summed E-state index contributed by atoms with van der Waals surface area (Å²) >= 11 is 0. The molecule has 8 heteroatoms. The first-order chi connectivity index (χ1) is 13.2. The van der Waals surface area contributed by atoms with E-state index < -0.39 is 5.91 Å². The van der Waals surface area contributed by atoms with Gasteiger partial charge in [0.2, 0.25) is 11.8 Å². The maximum Gasteiger partial charge on any atom is 0.292 e. The molecule has 3 rings (SSSR count). The highest BCUT2D eigenvalue weighted by Crippen LogP contribution is 2.31. The van der Waals surface area contributed by atoms with Crippen molar-refractivity contribution in [1.29, 1.82) is 0 Å². The van der Waals surface area contributed by atoms with Gasteiger partial charge in [-0.15, -0.1) is 0 Å². The van der Waals surface area contributed by atoms with Crippen molar-refractivity contribution in [2.75, 3.05) is 0 Å². The van der Waals surface area contributed by atoms with Crippen LogP contribution >= 0.6 is 0 Å². The Morgan fingerprint density at radius 3 is 2.59 bits per heavy atom. The largest absolute Gasteiger partial charge is 0.346 e. The van der Waals surface area contributed by atoms with Crippen molar-refractivity contribution in [2.45, 2.75) is 89.0 Å². The highest BCUT2D eigenvalue weighted by Gasteiger charge is 2.27. The Bertz CT molecular complexity index is 623. The first-order valence-corrected chi connectivity index (χ1v) is 10.2. The summed E-state index contributed by atoms with van der Waals surface area (Å²) in [5.74, 6) is -0.0470. The van der Waals surface area contributed by atoms with E-state index in [9.17, 15) is 9.59 Å². The van der Waals surface area contributed by atoms with Gasteiger partial charge >= 0.3 is 0 Å². The minimum atomic E-state index is -0.490. The van der Waals surface area contributed by atoms with E-state index in [-0.39, 0.29) is 30.1 Å². The van der Waals surface area contributed by atoms with Gasteiger partial charge in [-0.1, -0.05) is 50.1 Å². The Hall–Kier alpha value is -1.96. The highest BCUT2D eigenvalue weighted by molar-refractivity contribution is 5.90. The third-order valence-electron chi connectivity index (χ3n) is 5.88. The fraction of sp³-hybridized carbons (Fsp3) is 0.789. The van der Waals surface area contributed by atoms with Crippen LogP contribution in [0.25, 0.3) is 0 Å². The highest BCUT2D eigenvalue weighted by atomic mass is 16.5. The predicted octanol–water partition coefficient (Wildman–Crippen LogP) is 3.08. The Kier molecular flexibility index (Phi) is 7.20. The topological polar surface area (TPSA) is 117 Å². The summed E-state index contributed by atoms with van der Waals surface area (Å²) in [6.07, 6.45) is 12.5. The molecule has 2 fully saturated rings. The standard InChI is InChI=1S/C19H30N4O4/c24-16(22-26)12-14(9-4-8-13-6-2-1-3-7-13)19-21-17(23-27-19)18(25)20-15-10-5-11-15/h13-15,26H,1-12H2,(H,20,25)(H,22,24). The zero-order valence-electron chi connectivity index (χ0n) is 15.8. The van der Waals surface area contributed by atoms with E-state index >= 15 is 0 Å². The lowest BCUT2D eigenvalue weighted by molar-refractivity contribution is -0.129. The van der Waals surface area contributed by atoms with Crippen LogP contribution in [-0.4, -0.2) is 33.2 Å². The molecule has 1 aromatic rings. The van der Waals surface area contributed by atoms with Crippen LogP contribution in [0.3, 0.4) is 0 Å². The molecule has 0 aliphatic heterocycles. The molecule has 1 atom stereocenters. The second kappa shape index (κ2) is 9.82. The molecule has 2 saturated carbocycles. The van der Waals surface area contributed by atoms with Crippen molar-refractivity contribution in [3.63, 3.8) is 0 Å². The maximum absolute atomic E-state index is 12.2. The molecule has 1 heterocycles. The number of hydrogen-bond donors (Lipinski definition) is 3. The number of carbonyl (C=O) groups is 2. The minimum absolute atomic E-state index is 0.0126. The zero-order chi connectivity index (χ0) is 19.1. The second-order valence-corrected chi connectivity index (χ2v) is 7.93. The van der Waals surface area contributed by atoms with Crippen molar-refractivity contribution in [1.82, 2.24) is 20.9 Å². The quantitative estimate of drug-likeness (QED) is 0.449. The van der Waals surface area contributed by atoms with Crippen molar-refractivity contribution in [2.24, 2.45) is 5.92 Å². The van der Waals surface area contributed by atoms with Gasteiger partial charge in [-0.3, -0.25) is 14.8 Å². The Labute approximate surface area is 159 Å². The summed E-state index contributed by atoms with van der Waals surface area (Å²) in [5, 5.41) is 15.5. The molecular weight excluding hydrogens is 348 g/mol. The lowest BCUT2D eigenvalue weighted by atomic mass is 9.84. The number of amides is 2. The van der Waals surface area contributed by atoms with Gasteiger partial charge in [0.05, 0.1) is 0 Å². The van der Waals surface area contributed by atoms with Gasteiger partial charge in [0.25, 0.3) is 11.7 Å². The molecule has 0 aromatic carbocycles. The molecule has 1 unspecified atom stereocenters. The molecule has 2 amide bonds.